The molecule has 1 aromatic rings. The molecule has 0 saturated carbocycles. The van der Waals surface area contributed by atoms with Gasteiger partial charge in [-0.1, -0.05) is 0 Å². The second kappa shape index (κ2) is 4.81. The Hall–Kier alpha value is -0.810. The van der Waals surface area contributed by atoms with Crippen molar-refractivity contribution >= 4 is 17.6 Å². The molecule has 0 spiro atoms. The van der Waals surface area contributed by atoms with Gasteiger partial charge in [-0.3, -0.25) is 0 Å². The van der Waals surface area contributed by atoms with Gasteiger partial charge < -0.3 is 10.2 Å². The summed E-state index contributed by atoms with van der Waals surface area (Å²) in [5.74, 6) is 1.04. The average Bonchev–Trinajstić information content (AvgIpc) is 2.29. The summed E-state index contributed by atoms with van der Waals surface area (Å²) >= 11 is 1.65. The monoisotopic (exact) mass is 224 g/mol. The summed E-state index contributed by atoms with van der Waals surface area (Å²) in [6, 6.07) is 2.59. The van der Waals surface area contributed by atoms with Crippen molar-refractivity contribution in [3.05, 3.63) is 12.4 Å². The normalized spacial score (nSPS) is 21.7. The number of thioether (sulfide) groups is 1. The van der Waals surface area contributed by atoms with Gasteiger partial charge >= 0.3 is 0 Å². The summed E-state index contributed by atoms with van der Waals surface area (Å²) in [4.78, 5) is 10.8. The molecule has 1 aromatic heterocycles. The molecule has 0 aliphatic carbocycles. The van der Waals surface area contributed by atoms with E-state index in [1.807, 2.05) is 6.26 Å². The highest BCUT2D eigenvalue weighted by Crippen LogP contribution is 2.18. The van der Waals surface area contributed by atoms with Gasteiger partial charge in [0, 0.05) is 31.7 Å². The topological polar surface area (TPSA) is 41.0 Å². The lowest BCUT2D eigenvalue weighted by molar-refractivity contribution is 0.482. The van der Waals surface area contributed by atoms with E-state index in [0.29, 0.717) is 6.04 Å². The Bertz CT molecular complexity index is 331. The number of hydrogen-bond acceptors (Lipinski definition) is 5. The van der Waals surface area contributed by atoms with E-state index >= 15 is 0 Å². The predicted octanol–water partition coefficient (Wildman–Crippen LogP) is 0.997. The lowest BCUT2D eigenvalue weighted by atomic mass is 10.2. The number of hydrogen-bond donors (Lipinski definition) is 1. The minimum Gasteiger partial charge on any atom is -0.354 e. The van der Waals surface area contributed by atoms with Crippen LogP contribution in [-0.2, 0) is 0 Å². The summed E-state index contributed by atoms with van der Waals surface area (Å²) in [5, 5.41) is 4.45. The van der Waals surface area contributed by atoms with Gasteiger partial charge in [-0.15, -0.1) is 11.8 Å². The van der Waals surface area contributed by atoms with E-state index in [1.54, 1.807) is 18.1 Å². The fraction of sp³-hybridized carbons (Fsp3) is 0.600. The van der Waals surface area contributed by atoms with Gasteiger partial charge in [0.15, 0.2) is 0 Å². The smallest absolute Gasteiger partial charge is 0.133 e. The molecule has 1 saturated heterocycles. The highest BCUT2D eigenvalue weighted by atomic mass is 32.2. The Labute approximate surface area is 94.5 Å². The number of anilines is 1. The van der Waals surface area contributed by atoms with Crippen LogP contribution in [0.15, 0.2) is 17.4 Å². The van der Waals surface area contributed by atoms with Crippen LogP contribution in [0.4, 0.5) is 5.82 Å². The SMILES string of the molecule is CSc1cc(N2CCNC(C)C2)ncn1. The van der Waals surface area contributed by atoms with Crippen LogP contribution < -0.4 is 10.2 Å². The zero-order valence-corrected chi connectivity index (χ0v) is 9.92. The van der Waals surface area contributed by atoms with Gasteiger partial charge in [0.2, 0.25) is 0 Å². The van der Waals surface area contributed by atoms with Crippen LogP contribution in [0.2, 0.25) is 0 Å². The molecule has 0 bridgehead atoms. The van der Waals surface area contributed by atoms with Crippen molar-refractivity contribution in [1.82, 2.24) is 15.3 Å². The van der Waals surface area contributed by atoms with Crippen LogP contribution in [0, 0.1) is 0 Å². The Morgan fingerprint density at radius 3 is 3.13 bits per heavy atom. The fourth-order valence-electron chi connectivity index (χ4n) is 1.75. The Balaban J connectivity index is 2.13. The minimum atomic E-state index is 0.534. The minimum absolute atomic E-state index is 0.534. The summed E-state index contributed by atoms with van der Waals surface area (Å²) < 4.78 is 0. The molecule has 0 radical (unpaired) electrons. The maximum absolute atomic E-state index is 4.32. The summed E-state index contributed by atoms with van der Waals surface area (Å²) in [7, 11) is 0. The number of rotatable bonds is 2. The molecule has 2 rings (SSSR count). The van der Waals surface area contributed by atoms with E-state index in [9.17, 15) is 0 Å². The Kier molecular flexibility index (Phi) is 3.43. The molecular weight excluding hydrogens is 208 g/mol. The number of piperazine rings is 1. The Morgan fingerprint density at radius 1 is 1.53 bits per heavy atom. The lowest BCUT2D eigenvalue weighted by Gasteiger charge is -2.32. The molecule has 4 nitrogen and oxygen atoms in total. The van der Waals surface area contributed by atoms with Gasteiger partial charge in [-0.05, 0) is 13.2 Å². The number of nitrogens with one attached hydrogen (secondary N) is 1. The van der Waals surface area contributed by atoms with Crippen molar-refractivity contribution < 1.29 is 0 Å². The maximum atomic E-state index is 4.32. The molecule has 15 heavy (non-hydrogen) atoms. The molecule has 82 valence electrons. The number of nitrogens with zero attached hydrogens (tertiary/aromatic N) is 3. The third-order valence-electron chi connectivity index (χ3n) is 2.53. The molecule has 1 fully saturated rings. The van der Waals surface area contributed by atoms with E-state index in [1.165, 1.54) is 0 Å². The van der Waals surface area contributed by atoms with Crippen LogP contribution in [0.25, 0.3) is 0 Å². The standard InChI is InChI=1S/C10H16N4S/c1-8-6-14(4-3-11-8)9-5-10(15-2)13-7-12-9/h5,7-8,11H,3-4,6H2,1-2H3. The average molecular weight is 224 g/mol. The highest BCUT2D eigenvalue weighted by molar-refractivity contribution is 7.98. The van der Waals surface area contributed by atoms with Crippen molar-refractivity contribution in [1.29, 1.82) is 0 Å². The summed E-state index contributed by atoms with van der Waals surface area (Å²) in [6.07, 6.45) is 3.68. The predicted molar refractivity (Wildman–Crippen MR) is 63.5 cm³/mol. The van der Waals surface area contributed by atoms with E-state index < -0.39 is 0 Å². The molecule has 2 heterocycles. The van der Waals surface area contributed by atoms with E-state index in [0.717, 1.165) is 30.5 Å². The van der Waals surface area contributed by atoms with Gasteiger partial charge in [0.1, 0.15) is 17.2 Å². The first-order chi connectivity index (χ1) is 7.29. The first kappa shape index (κ1) is 10.7. The van der Waals surface area contributed by atoms with Crippen LogP contribution >= 0.6 is 11.8 Å². The van der Waals surface area contributed by atoms with Crippen molar-refractivity contribution in [3.63, 3.8) is 0 Å². The van der Waals surface area contributed by atoms with Crippen molar-refractivity contribution in [2.24, 2.45) is 0 Å². The molecule has 1 aliphatic rings. The third-order valence-corrected chi connectivity index (χ3v) is 3.17. The third kappa shape index (κ3) is 2.60. The van der Waals surface area contributed by atoms with Crippen LogP contribution in [0.3, 0.4) is 0 Å². The molecule has 1 unspecified atom stereocenters. The highest BCUT2D eigenvalue weighted by Gasteiger charge is 2.16. The molecule has 1 aliphatic heterocycles. The summed E-state index contributed by atoms with van der Waals surface area (Å²) in [5.41, 5.74) is 0. The number of aromatic nitrogens is 2. The summed E-state index contributed by atoms with van der Waals surface area (Å²) in [6.45, 7) is 5.27. The molecule has 0 aromatic carbocycles. The molecule has 1 atom stereocenters. The van der Waals surface area contributed by atoms with E-state index in [-0.39, 0.29) is 0 Å². The maximum Gasteiger partial charge on any atom is 0.133 e. The lowest BCUT2D eigenvalue weighted by Crippen LogP contribution is -2.49. The van der Waals surface area contributed by atoms with E-state index in [2.05, 4.69) is 33.2 Å². The zero-order chi connectivity index (χ0) is 10.7. The van der Waals surface area contributed by atoms with Crippen LogP contribution in [0.1, 0.15) is 6.92 Å². The van der Waals surface area contributed by atoms with Gasteiger partial charge in [0.05, 0.1) is 0 Å². The second-order valence-corrected chi connectivity index (χ2v) is 4.55. The van der Waals surface area contributed by atoms with E-state index in [4.69, 9.17) is 0 Å². The van der Waals surface area contributed by atoms with Crippen molar-refractivity contribution in [2.75, 3.05) is 30.8 Å². The fourth-order valence-corrected chi connectivity index (χ4v) is 2.13. The van der Waals surface area contributed by atoms with Crippen molar-refractivity contribution in [2.45, 2.75) is 18.0 Å². The van der Waals surface area contributed by atoms with Crippen molar-refractivity contribution in [3.8, 4) is 0 Å². The largest absolute Gasteiger partial charge is 0.354 e. The van der Waals surface area contributed by atoms with Crippen LogP contribution in [-0.4, -0.2) is 41.9 Å². The zero-order valence-electron chi connectivity index (χ0n) is 9.10. The quantitative estimate of drug-likeness (QED) is 0.599. The van der Waals surface area contributed by atoms with Gasteiger partial charge in [0.25, 0.3) is 0 Å². The first-order valence-corrected chi connectivity index (χ1v) is 6.36. The Morgan fingerprint density at radius 2 is 2.40 bits per heavy atom. The molecule has 0 amide bonds. The van der Waals surface area contributed by atoms with Crippen LogP contribution in [0.5, 0.6) is 0 Å². The second-order valence-electron chi connectivity index (χ2n) is 3.72. The molecule has 1 N–H and O–H groups in total. The van der Waals surface area contributed by atoms with Gasteiger partial charge in [-0.2, -0.15) is 0 Å². The van der Waals surface area contributed by atoms with Gasteiger partial charge in [-0.25, -0.2) is 9.97 Å². The molecular formula is C10H16N4S. The first-order valence-electron chi connectivity index (χ1n) is 5.14. The molecule has 5 heteroatoms.